The van der Waals surface area contributed by atoms with Gasteiger partial charge in [0.1, 0.15) is 0 Å². The fourth-order valence-corrected chi connectivity index (χ4v) is 2.99. The SMILES string of the molecule is CC(C)(NC(=O)[C@@H]1CCC[C@@H]1CN)c1ccccc1.Cl. The Kier molecular flexibility index (Phi) is 6.03. The Labute approximate surface area is 127 Å². The molecule has 0 radical (unpaired) electrons. The van der Waals surface area contributed by atoms with E-state index in [1.807, 2.05) is 32.0 Å². The topological polar surface area (TPSA) is 55.1 Å². The van der Waals surface area contributed by atoms with Crippen LogP contribution in [-0.2, 0) is 10.3 Å². The normalized spacial score (nSPS) is 22.1. The van der Waals surface area contributed by atoms with Gasteiger partial charge in [0.2, 0.25) is 5.91 Å². The van der Waals surface area contributed by atoms with Crippen LogP contribution in [-0.4, -0.2) is 12.5 Å². The van der Waals surface area contributed by atoms with Crippen molar-refractivity contribution < 1.29 is 4.79 Å². The summed E-state index contributed by atoms with van der Waals surface area (Å²) in [6.07, 6.45) is 3.17. The van der Waals surface area contributed by atoms with E-state index in [2.05, 4.69) is 17.4 Å². The lowest BCUT2D eigenvalue weighted by molar-refractivity contribution is -0.127. The summed E-state index contributed by atoms with van der Waals surface area (Å²) in [6, 6.07) is 10.1. The van der Waals surface area contributed by atoms with Gasteiger partial charge in [-0.1, -0.05) is 36.8 Å². The van der Waals surface area contributed by atoms with Crippen molar-refractivity contribution in [3.63, 3.8) is 0 Å². The highest BCUT2D eigenvalue weighted by molar-refractivity contribution is 5.85. The molecule has 1 aromatic rings. The van der Waals surface area contributed by atoms with Crippen LogP contribution >= 0.6 is 12.4 Å². The molecule has 20 heavy (non-hydrogen) atoms. The molecule has 0 saturated heterocycles. The van der Waals surface area contributed by atoms with Crippen LogP contribution in [0.2, 0.25) is 0 Å². The molecule has 0 bridgehead atoms. The number of amides is 1. The van der Waals surface area contributed by atoms with Crippen LogP contribution in [0.25, 0.3) is 0 Å². The predicted octanol–water partition coefficient (Wildman–Crippen LogP) is 2.83. The van der Waals surface area contributed by atoms with Crippen molar-refractivity contribution >= 4 is 18.3 Å². The Morgan fingerprint density at radius 1 is 1.30 bits per heavy atom. The highest BCUT2D eigenvalue weighted by atomic mass is 35.5. The Morgan fingerprint density at radius 3 is 2.55 bits per heavy atom. The van der Waals surface area contributed by atoms with E-state index >= 15 is 0 Å². The summed E-state index contributed by atoms with van der Waals surface area (Å²) in [5, 5.41) is 3.18. The molecule has 0 heterocycles. The summed E-state index contributed by atoms with van der Waals surface area (Å²) in [7, 11) is 0. The molecule has 112 valence electrons. The molecule has 4 heteroatoms. The summed E-state index contributed by atoms with van der Waals surface area (Å²) >= 11 is 0. The summed E-state index contributed by atoms with van der Waals surface area (Å²) in [5.74, 6) is 0.598. The molecule has 1 saturated carbocycles. The molecule has 0 unspecified atom stereocenters. The minimum Gasteiger partial charge on any atom is -0.347 e. The molecule has 1 aliphatic rings. The molecule has 2 atom stereocenters. The molecule has 0 spiro atoms. The Morgan fingerprint density at radius 2 is 1.95 bits per heavy atom. The van der Waals surface area contributed by atoms with Crippen LogP contribution in [0.3, 0.4) is 0 Å². The average Bonchev–Trinajstić information content (AvgIpc) is 2.87. The first-order valence-corrected chi connectivity index (χ1v) is 7.12. The van der Waals surface area contributed by atoms with Gasteiger partial charge in [-0.25, -0.2) is 0 Å². The quantitative estimate of drug-likeness (QED) is 0.897. The van der Waals surface area contributed by atoms with Crippen LogP contribution in [0.15, 0.2) is 30.3 Å². The number of hydrogen-bond acceptors (Lipinski definition) is 2. The number of halogens is 1. The molecule has 1 aliphatic carbocycles. The van der Waals surface area contributed by atoms with E-state index in [0.717, 1.165) is 24.8 Å². The van der Waals surface area contributed by atoms with Crippen molar-refractivity contribution in [2.75, 3.05) is 6.54 Å². The second-order valence-electron chi connectivity index (χ2n) is 6.01. The Balaban J connectivity index is 0.00000200. The maximum atomic E-state index is 12.4. The maximum Gasteiger partial charge on any atom is 0.224 e. The zero-order valence-electron chi connectivity index (χ0n) is 12.3. The molecule has 1 fully saturated rings. The van der Waals surface area contributed by atoms with Crippen molar-refractivity contribution in [1.29, 1.82) is 0 Å². The van der Waals surface area contributed by atoms with Crippen molar-refractivity contribution in [2.24, 2.45) is 17.6 Å². The summed E-state index contributed by atoms with van der Waals surface area (Å²) in [5.41, 5.74) is 6.55. The van der Waals surface area contributed by atoms with Crippen molar-refractivity contribution in [1.82, 2.24) is 5.32 Å². The van der Waals surface area contributed by atoms with Crippen LogP contribution in [0.1, 0.15) is 38.7 Å². The lowest BCUT2D eigenvalue weighted by atomic mass is 9.90. The van der Waals surface area contributed by atoms with Crippen LogP contribution in [0, 0.1) is 11.8 Å². The monoisotopic (exact) mass is 296 g/mol. The Bertz CT molecular complexity index is 433. The molecule has 3 N–H and O–H groups in total. The van der Waals surface area contributed by atoms with Gasteiger partial charge in [0.05, 0.1) is 5.54 Å². The van der Waals surface area contributed by atoms with Gasteiger partial charge in [-0.05, 0) is 44.7 Å². The predicted molar refractivity (Wildman–Crippen MR) is 84.7 cm³/mol. The number of hydrogen-bond donors (Lipinski definition) is 2. The first-order chi connectivity index (χ1) is 9.04. The smallest absolute Gasteiger partial charge is 0.224 e. The van der Waals surface area contributed by atoms with Gasteiger partial charge in [0.25, 0.3) is 0 Å². The fourth-order valence-electron chi connectivity index (χ4n) is 2.99. The van der Waals surface area contributed by atoms with Crippen molar-refractivity contribution in [3.8, 4) is 0 Å². The van der Waals surface area contributed by atoms with Gasteiger partial charge >= 0.3 is 0 Å². The maximum absolute atomic E-state index is 12.4. The number of nitrogens with two attached hydrogens (primary N) is 1. The highest BCUT2D eigenvalue weighted by Gasteiger charge is 2.34. The number of carbonyl (C=O) groups excluding carboxylic acids is 1. The average molecular weight is 297 g/mol. The van der Waals surface area contributed by atoms with Crippen LogP contribution < -0.4 is 11.1 Å². The summed E-state index contributed by atoms with van der Waals surface area (Å²) in [6.45, 7) is 4.71. The van der Waals surface area contributed by atoms with Gasteiger partial charge in [-0.2, -0.15) is 0 Å². The number of benzene rings is 1. The molecule has 3 nitrogen and oxygen atoms in total. The Hall–Kier alpha value is -1.06. The third kappa shape index (κ3) is 3.74. The summed E-state index contributed by atoms with van der Waals surface area (Å²) in [4.78, 5) is 12.4. The first kappa shape index (κ1) is 17.0. The number of rotatable bonds is 4. The lowest BCUT2D eigenvalue weighted by Gasteiger charge is -2.29. The highest BCUT2D eigenvalue weighted by Crippen LogP contribution is 2.32. The van der Waals surface area contributed by atoms with E-state index in [1.54, 1.807) is 0 Å². The van der Waals surface area contributed by atoms with Gasteiger partial charge in [0.15, 0.2) is 0 Å². The summed E-state index contributed by atoms with van der Waals surface area (Å²) < 4.78 is 0. The number of nitrogens with one attached hydrogen (secondary N) is 1. The minimum absolute atomic E-state index is 0. The number of carbonyl (C=O) groups is 1. The van der Waals surface area contributed by atoms with Crippen LogP contribution in [0.4, 0.5) is 0 Å². The van der Waals surface area contributed by atoms with E-state index in [1.165, 1.54) is 0 Å². The fraction of sp³-hybridized carbons (Fsp3) is 0.562. The third-order valence-electron chi connectivity index (χ3n) is 4.23. The minimum atomic E-state index is -0.333. The molecular formula is C16H25ClN2O. The standard InChI is InChI=1S/C16H24N2O.ClH/c1-16(2,13-8-4-3-5-9-13)18-15(19)14-10-6-7-12(14)11-17;/h3-5,8-9,12,14H,6-7,10-11,17H2,1-2H3,(H,18,19);1H/t12-,14-;/m1./s1. The van der Waals surface area contributed by atoms with Gasteiger partial charge < -0.3 is 11.1 Å². The van der Waals surface area contributed by atoms with E-state index in [-0.39, 0.29) is 29.8 Å². The lowest BCUT2D eigenvalue weighted by Crippen LogP contribution is -2.45. The molecule has 0 aromatic heterocycles. The van der Waals surface area contributed by atoms with E-state index < -0.39 is 0 Å². The van der Waals surface area contributed by atoms with Crippen molar-refractivity contribution in [3.05, 3.63) is 35.9 Å². The van der Waals surface area contributed by atoms with E-state index in [0.29, 0.717) is 12.5 Å². The van der Waals surface area contributed by atoms with Gasteiger partial charge in [-0.3, -0.25) is 4.79 Å². The van der Waals surface area contributed by atoms with E-state index in [4.69, 9.17) is 5.73 Å². The molecule has 0 aliphatic heterocycles. The second-order valence-corrected chi connectivity index (χ2v) is 6.01. The third-order valence-corrected chi connectivity index (χ3v) is 4.23. The van der Waals surface area contributed by atoms with E-state index in [9.17, 15) is 4.79 Å². The second kappa shape index (κ2) is 7.09. The van der Waals surface area contributed by atoms with Gasteiger partial charge in [0, 0.05) is 5.92 Å². The first-order valence-electron chi connectivity index (χ1n) is 7.12. The largest absolute Gasteiger partial charge is 0.347 e. The molecule has 2 rings (SSSR count). The van der Waals surface area contributed by atoms with Crippen molar-refractivity contribution in [2.45, 2.75) is 38.6 Å². The van der Waals surface area contributed by atoms with Gasteiger partial charge in [-0.15, -0.1) is 12.4 Å². The zero-order valence-corrected chi connectivity index (χ0v) is 13.1. The molecular weight excluding hydrogens is 272 g/mol. The zero-order chi connectivity index (χ0) is 13.9. The molecule has 1 amide bonds. The molecule has 1 aromatic carbocycles. The van der Waals surface area contributed by atoms with Crippen LogP contribution in [0.5, 0.6) is 0 Å².